The molecule has 1 aliphatic carbocycles. The summed E-state index contributed by atoms with van der Waals surface area (Å²) in [6.45, 7) is 0.753. The molecule has 4 rings (SSSR count). The summed E-state index contributed by atoms with van der Waals surface area (Å²) in [4.78, 5) is 30.3. The molecule has 1 aromatic heterocycles. The number of methoxy groups -OCH3 is 1. The van der Waals surface area contributed by atoms with Gasteiger partial charge in [-0.05, 0) is 54.7 Å². The standard InChI is InChI=1S/C22H21ClN2O3S/c1-28-10-9-25-21(27)18-8-7-17(23)12-19(18)24-22(25)29-13-20(26)16-6-5-14-3-2-4-15(14)11-16/h5-8,11-12H,2-4,9-10,13H2,1H3. The Kier molecular flexibility index (Phi) is 6.04. The zero-order valence-corrected chi connectivity index (χ0v) is 17.7. The number of nitrogens with zero attached hydrogens (tertiary/aromatic N) is 2. The Hall–Kier alpha value is -2.15. The minimum atomic E-state index is -0.156. The summed E-state index contributed by atoms with van der Waals surface area (Å²) in [6, 6.07) is 11.0. The lowest BCUT2D eigenvalue weighted by Crippen LogP contribution is -2.25. The molecular weight excluding hydrogens is 408 g/mol. The molecule has 0 radical (unpaired) electrons. The number of aromatic nitrogens is 2. The summed E-state index contributed by atoms with van der Waals surface area (Å²) in [5, 5.41) is 1.51. The molecule has 0 amide bonds. The van der Waals surface area contributed by atoms with Gasteiger partial charge in [0.15, 0.2) is 10.9 Å². The Bertz CT molecular complexity index is 1140. The van der Waals surface area contributed by atoms with Crippen LogP contribution in [0.15, 0.2) is 46.3 Å². The van der Waals surface area contributed by atoms with E-state index < -0.39 is 0 Å². The van der Waals surface area contributed by atoms with E-state index in [1.54, 1.807) is 29.9 Å². The van der Waals surface area contributed by atoms with Crippen molar-refractivity contribution in [3.63, 3.8) is 0 Å². The first-order valence-corrected chi connectivity index (χ1v) is 10.9. The van der Waals surface area contributed by atoms with Gasteiger partial charge in [0.25, 0.3) is 5.56 Å². The molecule has 0 atom stereocenters. The van der Waals surface area contributed by atoms with E-state index in [-0.39, 0.29) is 17.1 Å². The molecule has 2 aromatic carbocycles. The largest absolute Gasteiger partial charge is 0.383 e. The monoisotopic (exact) mass is 428 g/mol. The Morgan fingerprint density at radius 2 is 2.03 bits per heavy atom. The van der Waals surface area contributed by atoms with E-state index >= 15 is 0 Å². The van der Waals surface area contributed by atoms with Gasteiger partial charge in [0.1, 0.15) is 0 Å². The highest BCUT2D eigenvalue weighted by Crippen LogP contribution is 2.25. The number of carbonyl (C=O) groups is 1. The van der Waals surface area contributed by atoms with Gasteiger partial charge in [0.2, 0.25) is 0 Å². The number of thioether (sulfide) groups is 1. The molecule has 0 saturated carbocycles. The van der Waals surface area contributed by atoms with Crippen molar-refractivity contribution in [2.24, 2.45) is 0 Å². The number of Topliss-reactive ketones (excluding diaryl/α,β-unsaturated/α-hetero) is 1. The molecule has 5 nitrogen and oxygen atoms in total. The van der Waals surface area contributed by atoms with Crippen LogP contribution in [0.3, 0.4) is 0 Å². The zero-order chi connectivity index (χ0) is 20.4. The minimum Gasteiger partial charge on any atom is -0.383 e. The quantitative estimate of drug-likeness (QED) is 0.321. The van der Waals surface area contributed by atoms with Crippen LogP contribution in [0.25, 0.3) is 10.9 Å². The predicted molar refractivity (Wildman–Crippen MR) is 116 cm³/mol. The fraction of sp³-hybridized carbons (Fsp3) is 0.318. The van der Waals surface area contributed by atoms with E-state index in [0.717, 1.165) is 19.3 Å². The van der Waals surface area contributed by atoms with Crippen LogP contribution in [0.5, 0.6) is 0 Å². The number of aryl methyl sites for hydroxylation is 2. The number of benzene rings is 2. The summed E-state index contributed by atoms with van der Waals surface area (Å²) < 4.78 is 6.71. The minimum absolute atomic E-state index is 0.0310. The average molecular weight is 429 g/mol. The first-order valence-electron chi connectivity index (χ1n) is 9.53. The Morgan fingerprint density at radius 3 is 2.86 bits per heavy atom. The Morgan fingerprint density at radius 1 is 1.21 bits per heavy atom. The normalized spacial score (nSPS) is 13.0. The number of halogens is 1. The lowest BCUT2D eigenvalue weighted by molar-refractivity contribution is 0.102. The molecule has 29 heavy (non-hydrogen) atoms. The molecule has 0 saturated heterocycles. The van der Waals surface area contributed by atoms with Gasteiger partial charge in [0, 0.05) is 17.7 Å². The maximum atomic E-state index is 12.9. The zero-order valence-electron chi connectivity index (χ0n) is 16.1. The fourth-order valence-corrected chi connectivity index (χ4v) is 4.71. The van der Waals surface area contributed by atoms with Crippen molar-refractivity contribution in [2.45, 2.75) is 31.0 Å². The van der Waals surface area contributed by atoms with Gasteiger partial charge in [0.05, 0.1) is 29.8 Å². The molecule has 0 spiro atoms. The number of fused-ring (bicyclic) bond motifs is 2. The SMILES string of the molecule is COCCn1c(SCC(=O)c2ccc3c(c2)CCC3)nc2cc(Cl)ccc2c1=O. The van der Waals surface area contributed by atoms with E-state index in [0.29, 0.717) is 39.8 Å². The van der Waals surface area contributed by atoms with Crippen molar-refractivity contribution < 1.29 is 9.53 Å². The third kappa shape index (κ3) is 4.25. The molecule has 0 bridgehead atoms. The smallest absolute Gasteiger partial charge is 0.262 e. The molecule has 1 aliphatic rings. The lowest BCUT2D eigenvalue weighted by Gasteiger charge is -2.13. The first kappa shape index (κ1) is 20.1. The first-order chi connectivity index (χ1) is 14.1. The second kappa shape index (κ2) is 8.69. The van der Waals surface area contributed by atoms with Crippen molar-refractivity contribution >= 4 is 40.0 Å². The fourth-order valence-electron chi connectivity index (χ4n) is 3.62. The molecule has 150 valence electrons. The molecule has 0 N–H and O–H groups in total. The van der Waals surface area contributed by atoms with Gasteiger partial charge in [-0.15, -0.1) is 0 Å². The van der Waals surface area contributed by atoms with Crippen molar-refractivity contribution in [3.05, 3.63) is 68.5 Å². The molecule has 0 fully saturated rings. The molecule has 3 aromatic rings. The van der Waals surface area contributed by atoms with Gasteiger partial charge >= 0.3 is 0 Å². The Balaban J connectivity index is 1.62. The molecule has 0 aliphatic heterocycles. The van der Waals surface area contributed by atoms with Gasteiger partial charge in [-0.2, -0.15) is 0 Å². The Labute approximate surface area is 178 Å². The number of hydrogen-bond acceptors (Lipinski definition) is 5. The van der Waals surface area contributed by atoms with Crippen LogP contribution >= 0.6 is 23.4 Å². The number of rotatable bonds is 7. The van der Waals surface area contributed by atoms with Gasteiger partial charge in [-0.3, -0.25) is 14.2 Å². The van der Waals surface area contributed by atoms with Crippen LogP contribution in [-0.4, -0.2) is 34.8 Å². The van der Waals surface area contributed by atoms with Crippen LogP contribution in [0, 0.1) is 0 Å². The van der Waals surface area contributed by atoms with E-state index in [1.807, 2.05) is 12.1 Å². The van der Waals surface area contributed by atoms with Crippen molar-refractivity contribution in [1.82, 2.24) is 9.55 Å². The molecule has 0 unspecified atom stereocenters. The summed E-state index contributed by atoms with van der Waals surface area (Å²) >= 11 is 7.34. The summed E-state index contributed by atoms with van der Waals surface area (Å²) in [7, 11) is 1.59. The third-order valence-electron chi connectivity index (χ3n) is 5.15. The van der Waals surface area contributed by atoms with E-state index in [2.05, 4.69) is 11.1 Å². The van der Waals surface area contributed by atoms with Crippen LogP contribution in [-0.2, 0) is 24.1 Å². The number of carbonyl (C=O) groups excluding carboxylic acids is 1. The highest BCUT2D eigenvalue weighted by Gasteiger charge is 2.17. The van der Waals surface area contributed by atoms with Gasteiger partial charge in [-0.1, -0.05) is 35.5 Å². The topological polar surface area (TPSA) is 61.2 Å². The maximum Gasteiger partial charge on any atom is 0.262 e. The van der Waals surface area contributed by atoms with Crippen LogP contribution in [0.2, 0.25) is 5.02 Å². The van der Waals surface area contributed by atoms with Crippen LogP contribution in [0.4, 0.5) is 0 Å². The molecular formula is C22H21ClN2O3S. The highest BCUT2D eigenvalue weighted by atomic mass is 35.5. The van der Waals surface area contributed by atoms with E-state index in [1.165, 1.54) is 22.9 Å². The predicted octanol–water partition coefficient (Wildman–Crippen LogP) is 4.16. The second-order valence-electron chi connectivity index (χ2n) is 7.05. The van der Waals surface area contributed by atoms with Crippen molar-refractivity contribution in [2.75, 3.05) is 19.5 Å². The van der Waals surface area contributed by atoms with Crippen LogP contribution < -0.4 is 5.56 Å². The van der Waals surface area contributed by atoms with Crippen molar-refractivity contribution in [3.8, 4) is 0 Å². The average Bonchev–Trinajstić information content (AvgIpc) is 3.19. The summed E-state index contributed by atoms with van der Waals surface area (Å²) in [6.07, 6.45) is 3.28. The molecule has 7 heteroatoms. The number of ketones is 1. The molecule has 1 heterocycles. The second-order valence-corrected chi connectivity index (χ2v) is 8.43. The van der Waals surface area contributed by atoms with Crippen LogP contribution in [0.1, 0.15) is 27.9 Å². The van der Waals surface area contributed by atoms with Gasteiger partial charge < -0.3 is 4.74 Å². The summed E-state index contributed by atoms with van der Waals surface area (Å²) in [5.41, 5.74) is 3.71. The number of ether oxygens (including phenoxy) is 1. The van der Waals surface area contributed by atoms with Gasteiger partial charge in [-0.25, -0.2) is 4.98 Å². The van der Waals surface area contributed by atoms with E-state index in [9.17, 15) is 9.59 Å². The summed E-state index contributed by atoms with van der Waals surface area (Å²) in [5.74, 6) is 0.244. The highest BCUT2D eigenvalue weighted by molar-refractivity contribution is 7.99. The third-order valence-corrected chi connectivity index (χ3v) is 6.37. The maximum absolute atomic E-state index is 12.9. The van der Waals surface area contributed by atoms with Crippen molar-refractivity contribution in [1.29, 1.82) is 0 Å². The van der Waals surface area contributed by atoms with E-state index in [4.69, 9.17) is 16.3 Å². The lowest BCUT2D eigenvalue weighted by atomic mass is 10.0. The number of hydrogen-bond donors (Lipinski definition) is 0.